The summed E-state index contributed by atoms with van der Waals surface area (Å²) >= 11 is 1.19. The van der Waals surface area contributed by atoms with E-state index >= 15 is 0 Å². The van der Waals surface area contributed by atoms with Crippen LogP contribution >= 0.6 is 11.3 Å². The Hall–Kier alpha value is -3.51. The minimum absolute atomic E-state index is 0.0161. The average Bonchev–Trinajstić information content (AvgIpc) is 3.10. The van der Waals surface area contributed by atoms with Crippen molar-refractivity contribution in [3.63, 3.8) is 0 Å². The average molecular weight is 419 g/mol. The number of benzene rings is 3. The fourth-order valence-electron chi connectivity index (χ4n) is 3.23. The first-order valence-electron chi connectivity index (χ1n) is 9.32. The molecule has 4 aromatic rings. The Kier molecular flexibility index (Phi) is 5.33. The first kappa shape index (κ1) is 19.8. The molecule has 30 heavy (non-hydrogen) atoms. The van der Waals surface area contributed by atoms with E-state index in [0.717, 1.165) is 15.8 Å². The molecule has 1 heterocycles. The van der Waals surface area contributed by atoms with Gasteiger partial charge in [-0.2, -0.15) is 0 Å². The molecule has 0 aliphatic carbocycles. The number of carbonyl (C=O) groups is 2. The number of carbonyl (C=O) groups excluding carboxylic acids is 2. The number of halogens is 1. The van der Waals surface area contributed by atoms with E-state index in [9.17, 15) is 19.1 Å². The van der Waals surface area contributed by atoms with Gasteiger partial charge in [-0.3, -0.25) is 9.59 Å². The van der Waals surface area contributed by atoms with E-state index in [0.29, 0.717) is 16.5 Å². The maximum Gasteiger partial charge on any atom is 0.265 e. The number of hydrogen-bond donors (Lipinski definition) is 2. The summed E-state index contributed by atoms with van der Waals surface area (Å²) in [4.78, 5) is 24.2. The third-order valence-electron chi connectivity index (χ3n) is 4.89. The number of nitrogens with one attached hydrogen (secondary N) is 1. The molecule has 0 radical (unpaired) electrons. The maximum atomic E-state index is 14.3. The molecular formula is C24H18FNO3S. The molecule has 0 saturated carbocycles. The lowest BCUT2D eigenvalue weighted by atomic mass is 10.0. The fourth-order valence-corrected chi connectivity index (χ4v) is 4.24. The third kappa shape index (κ3) is 3.82. The second-order valence-corrected chi connectivity index (χ2v) is 7.95. The molecule has 0 aliphatic heterocycles. The minimum atomic E-state index is -0.454. The van der Waals surface area contributed by atoms with E-state index in [1.165, 1.54) is 24.3 Å². The second-order valence-electron chi connectivity index (χ2n) is 6.90. The first-order chi connectivity index (χ1) is 14.4. The van der Waals surface area contributed by atoms with Gasteiger partial charge < -0.3 is 10.4 Å². The van der Waals surface area contributed by atoms with Crippen molar-refractivity contribution in [2.75, 3.05) is 0 Å². The molecule has 2 N–H and O–H groups in total. The van der Waals surface area contributed by atoms with Crippen molar-refractivity contribution < 1.29 is 19.1 Å². The second kappa shape index (κ2) is 8.08. The van der Waals surface area contributed by atoms with Crippen LogP contribution in [0.5, 0.6) is 5.75 Å². The van der Waals surface area contributed by atoms with Gasteiger partial charge in [0.25, 0.3) is 5.91 Å². The maximum absolute atomic E-state index is 14.3. The number of rotatable bonds is 5. The molecule has 0 bridgehead atoms. The van der Waals surface area contributed by atoms with Crippen LogP contribution in [0.3, 0.4) is 0 Å². The molecule has 4 rings (SSSR count). The van der Waals surface area contributed by atoms with E-state index in [4.69, 9.17) is 0 Å². The van der Waals surface area contributed by atoms with E-state index in [1.807, 2.05) is 24.3 Å². The number of aromatic hydroxyl groups is 1. The van der Waals surface area contributed by atoms with E-state index in [-0.39, 0.29) is 23.0 Å². The van der Waals surface area contributed by atoms with Crippen LogP contribution in [0.2, 0.25) is 0 Å². The monoisotopic (exact) mass is 419 g/mol. The van der Waals surface area contributed by atoms with Gasteiger partial charge in [-0.25, -0.2) is 4.39 Å². The third-order valence-corrected chi connectivity index (χ3v) is 6.04. The zero-order valence-corrected chi connectivity index (χ0v) is 16.9. The lowest BCUT2D eigenvalue weighted by Crippen LogP contribution is -2.22. The highest BCUT2D eigenvalue weighted by molar-refractivity contribution is 7.21. The van der Waals surface area contributed by atoms with Gasteiger partial charge in [-0.1, -0.05) is 42.5 Å². The summed E-state index contributed by atoms with van der Waals surface area (Å²) in [5.41, 5.74) is 2.56. The predicted molar refractivity (Wildman–Crippen MR) is 117 cm³/mol. The summed E-state index contributed by atoms with van der Waals surface area (Å²) in [5.74, 6) is -0.967. The van der Waals surface area contributed by atoms with Gasteiger partial charge in [0, 0.05) is 27.8 Å². The van der Waals surface area contributed by atoms with E-state index in [2.05, 4.69) is 5.32 Å². The normalized spacial score (nSPS) is 10.9. The van der Waals surface area contributed by atoms with Gasteiger partial charge in [0.2, 0.25) is 0 Å². The summed E-state index contributed by atoms with van der Waals surface area (Å²) in [6.07, 6.45) is 0. The summed E-state index contributed by atoms with van der Waals surface area (Å²) < 4.78 is 15.1. The van der Waals surface area contributed by atoms with Gasteiger partial charge in [-0.05, 0) is 42.3 Å². The topological polar surface area (TPSA) is 66.4 Å². The Balaban J connectivity index is 1.54. The van der Waals surface area contributed by atoms with E-state index in [1.54, 1.807) is 36.4 Å². The summed E-state index contributed by atoms with van der Waals surface area (Å²) in [6, 6.07) is 19.0. The summed E-state index contributed by atoms with van der Waals surface area (Å²) in [6.45, 7) is 1.49. The molecule has 4 nitrogen and oxygen atoms in total. The van der Waals surface area contributed by atoms with Crippen molar-refractivity contribution in [2.45, 2.75) is 13.5 Å². The lowest BCUT2D eigenvalue weighted by molar-refractivity contribution is 0.0951. The number of fused-ring (bicyclic) bond motifs is 1. The number of Topliss-reactive ketones (excluding diaryl/α,β-unsaturated/α-hetero) is 1. The molecule has 0 aliphatic rings. The van der Waals surface area contributed by atoms with Crippen LogP contribution in [-0.2, 0) is 6.54 Å². The van der Waals surface area contributed by atoms with Crippen molar-refractivity contribution in [1.29, 1.82) is 0 Å². The number of hydrogen-bond acceptors (Lipinski definition) is 4. The number of amides is 1. The largest absolute Gasteiger partial charge is 0.506 e. The first-order valence-corrected chi connectivity index (χ1v) is 10.1. The van der Waals surface area contributed by atoms with Crippen LogP contribution in [0, 0.1) is 5.82 Å². The van der Waals surface area contributed by atoms with E-state index < -0.39 is 11.7 Å². The number of ketones is 1. The Labute approximate surface area is 176 Å². The Morgan fingerprint density at radius 2 is 1.70 bits per heavy atom. The highest BCUT2D eigenvalue weighted by atomic mass is 32.1. The van der Waals surface area contributed by atoms with Gasteiger partial charge in [0.05, 0.1) is 0 Å². The Morgan fingerprint density at radius 3 is 2.40 bits per heavy atom. The number of thiophene rings is 1. The van der Waals surface area contributed by atoms with Crippen LogP contribution in [-0.4, -0.2) is 16.8 Å². The minimum Gasteiger partial charge on any atom is -0.506 e. The van der Waals surface area contributed by atoms with Crippen LogP contribution < -0.4 is 5.32 Å². The van der Waals surface area contributed by atoms with Gasteiger partial charge in [-0.15, -0.1) is 11.3 Å². The SMILES string of the molecule is CC(=O)c1ccc(-c2ccc(F)c(CNC(=O)c3sc4ccccc4c3O)c2)cc1. The van der Waals surface area contributed by atoms with Crippen LogP contribution in [0.25, 0.3) is 21.2 Å². The lowest BCUT2D eigenvalue weighted by Gasteiger charge is -2.09. The van der Waals surface area contributed by atoms with Crippen molar-refractivity contribution in [1.82, 2.24) is 5.32 Å². The predicted octanol–water partition coefficient (Wildman–Crippen LogP) is 5.55. The highest BCUT2D eigenvalue weighted by Crippen LogP contribution is 2.36. The highest BCUT2D eigenvalue weighted by Gasteiger charge is 2.18. The standard InChI is InChI=1S/C24H18FNO3S/c1-14(27)15-6-8-16(9-7-15)17-10-11-20(25)18(12-17)13-26-24(29)23-22(28)19-4-2-3-5-21(19)30-23/h2-12,28H,13H2,1H3,(H,26,29). The molecule has 1 aromatic heterocycles. The van der Waals surface area contributed by atoms with Crippen molar-refractivity contribution >= 4 is 33.1 Å². The molecule has 0 spiro atoms. The smallest absolute Gasteiger partial charge is 0.265 e. The molecule has 1 amide bonds. The quantitative estimate of drug-likeness (QED) is 0.417. The van der Waals surface area contributed by atoms with Crippen molar-refractivity contribution in [2.24, 2.45) is 0 Å². The zero-order chi connectivity index (χ0) is 21.3. The Morgan fingerprint density at radius 1 is 1.00 bits per heavy atom. The molecule has 0 unspecified atom stereocenters. The molecule has 6 heteroatoms. The Bertz CT molecular complexity index is 1260. The molecule has 0 fully saturated rings. The van der Waals surface area contributed by atoms with Crippen LogP contribution in [0.4, 0.5) is 4.39 Å². The van der Waals surface area contributed by atoms with Crippen molar-refractivity contribution in [3.05, 3.63) is 88.6 Å². The van der Waals surface area contributed by atoms with Gasteiger partial charge in [0.15, 0.2) is 5.78 Å². The van der Waals surface area contributed by atoms with Crippen LogP contribution in [0.1, 0.15) is 32.5 Å². The fraction of sp³-hybridized carbons (Fsp3) is 0.0833. The molecule has 0 atom stereocenters. The summed E-state index contributed by atoms with van der Waals surface area (Å²) in [5, 5.41) is 13.6. The molecule has 0 saturated heterocycles. The van der Waals surface area contributed by atoms with Crippen molar-refractivity contribution in [3.8, 4) is 16.9 Å². The zero-order valence-electron chi connectivity index (χ0n) is 16.1. The molecular weight excluding hydrogens is 401 g/mol. The molecule has 3 aromatic carbocycles. The molecule has 150 valence electrons. The summed E-state index contributed by atoms with van der Waals surface area (Å²) in [7, 11) is 0. The van der Waals surface area contributed by atoms with Crippen LogP contribution in [0.15, 0.2) is 66.7 Å². The van der Waals surface area contributed by atoms with Gasteiger partial charge >= 0.3 is 0 Å². The van der Waals surface area contributed by atoms with Gasteiger partial charge in [0.1, 0.15) is 16.4 Å².